The second-order valence-corrected chi connectivity index (χ2v) is 9.92. The van der Waals surface area contributed by atoms with Crippen molar-refractivity contribution in [1.29, 1.82) is 0 Å². The van der Waals surface area contributed by atoms with Crippen molar-refractivity contribution in [2.75, 3.05) is 43.5 Å². The van der Waals surface area contributed by atoms with E-state index in [9.17, 15) is 4.79 Å². The number of rotatable bonds is 8. The number of piperazine rings is 1. The van der Waals surface area contributed by atoms with Crippen molar-refractivity contribution in [2.24, 2.45) is 0 Å². The predicted molar refractivity (Wildman–Crippen MR) is 156 cm³/mol. The Kier molecular flexibility index (Phi) is 8.27. The van der Waals surface area contributed by atoms with Crippen molar-refractivity contribution in [3.63, 3.8) is 0 Å². The van der Waals surface area contributed by atoms with Crippen molar-refractivity contribution in [3.8, 4) is 11.1 Å². The number of benzene rings is 4. The van der Waals surface area contributed by atoms with E-state index < -0.39 is 0 Å². The molecule has 1 saturated heterocycles. The fourth-order valence-electron chi connectivity index (χ4n) is 4.93. The third-order valence-electron chi connectivity index (χ3n) is 7.04. The van der Waals surface area contributed by atoms with Crippen LogP contribution in [-0.4, -0.2) is 44.2 Å². The summed E-state index contributed by atoms with van der Waals surface area (Å²) in [4.78, 5) is 17.3. The number of carbonyl (C=O) groups is 1. The van der Waals surface area contributed by atoms with E-state index in [1.165, 1.54) is 23.8 Å². The van der Waals surface area contributed by atoms with Crippen LogP contribution in [0.15, 0.2) is 97.1 Å². The van der Waals surface area contributed by atoms with Gasteiger partial charge in [0.1, 0.15) is 0 Å². The molecule has 1 N–H and O–H groups in total. The zero-order chi connectivity index (χ0) is 26.3. The van der Waals surface area contributed by atoms with Crippen LogP contribution < -0.4 is 10.2 Å². The van der Waals surface area contributed by atoms with E-state index in [0.29, 0.717) is 12.1 Å². The molecule has 6 heteroatoms. The first-order valence-electron chi connectivity index (χ1n) is 12.9. The smallest absolute Gasteiger partial charge is 0.339 e. The Morgan fingerprint density at radius 1 is 0.868 bits per heavy atom. The summed E-state index contributed by atoms with van der Waals surface area (Å²) >= 11 is 6.11. The van der Waals surface area contributed by atoms with Crippen LogP contribution in [0.4, 0.5) is 11.4 Å². The highest BCUT2D eigenvalue weighted by atomic mass is 35.5. The van der Waals surface area contributed by atoms with Gasteiger partial charge in [-0.2, -0.15) is 0 Å². The molecule has 0 spiro atoms. The van der Waals surface area contributed by atoms with E-state index in [-0.39, 0.29) is 5.97 Å². The van der Waals surface area contributed by atoms with E-state index in [1.807, 2.05) is 42.5 Å². The van der Waals surface area contributed by atoms with E-state index in [0.717, 1.165) is 54.7 Å². The number of nitrogens with one attached hydrogen (secondary N) is 1. The zero-order valence-corrected chi connectivity index (χ0v) is 22.3. The van der Waals surface area contributed by atoms with Crippen molar-refractivity contribution in [2.45, 2.75) is 13.1 Å². The molecular formula is C32H32ClN3O2. The van der Waals surface area contributed by atoms with Crippen LogP contribution in [0.1, 0.15) is 21.5 Å². The van der Waals surface area contributed by atoms with Crippen molar-refractivity contribution in [1.82, 2.24) is 4.90 Å². The number of nitrogens with zero attached hydrogens (tertiary/aromatic N) is 2. The van der Waals surface area contributed by atoms with Gasteiger partial charge in [0.2, 0.25) is 0 Å². The Morgan fingerprint density at radius 3 is 2.32 bits per heavy atom. The first-order chi connectivity index (χ1) is 18.6. The van der Waals surface area contributed by atoms with Gasteiger partial charge in [0.25, 0.3) is 0 Å². The molecule has 1 fully saturated rings. The fraction of sp³-hybridized carbons (Fsp3) is 0.219. The second-order valence-electron chi connectivity index (χ2n) is 9.49. The van der Waals surface area contributed by atoms with Crippen LogP contribution in [0.2, 0.25) is 5.02 Å². The highest BCUT2D eigenvalue weighted by Crippen LogP contribution is 2.29. The quantitative estimate of drug-likeness (QED) is 0.258. The largest absolute Gasteiger partial charge is 0.465 e. The lowest BCUT2D eigenvalue weighted by molar-refractivity contribution is 0.0602. The van der Waals surface area contributed by atoms with Crippen molar-refractivity contribution in [3.05, 3.63) is 119 Å². The van der Waals surface area contributed by atoms with Gasteiger partial charge in [-0.15, -0.1) is 0 Å². The van der Waals surface area contributed by atoms with Crippen LogP contribution >= 0.6 is 11.6 Å². The molecule has 1 aliphatic heterocycles. The van der Waals surface area contributed by atoms with Crippen LogP contribution in [0.3, 0.4) is 0 Å². The van der Waals surface area contributed by atoms with E-state index in [1.54, 1.807) is 0 Å². The summed E-state index contributed by atoms with van der Waals surface area (Å²) in [6, 6.07) is 32.8. The van der Waals surface area contributed by atoms with Gasteiger partial charge < -0.3 is 15.0 Å². The van der Waals surface area contributed by atoms with Crippen molar-refractivity contribution >= 4 is 28.9 Å². The molecule has 194 valence electrons. The van der Waals surface area contributed by atoms with Crippen LogP contribution in [0.25, 0.3) is 11.1 Å². The Labute approximate surface area is 229 Å². The van der Waals surface area contributed by atoms with E-state index in [4.69, 9.17) is 16.3 Å². The number of hydrogen-bond acceptors (Lipinski definition) is 5. The maximum absolute atomic E-state index is 12.4. The van der Waals surface area contributed by atoms with E-state index in [2.05, 4.69) is 69.7 Å². The molecule has 0 saturated carbocycles. The van der Waals surface area contributed by atoms with Gasteiger partial charge in [0.15, 0.2) is 0 Å². The number of anilines is 2. The molecule has 1 heterocycles. The maximum atomic E-state index is 12.4. The minimum atomic E-state index is -0.337. The molecule has 38 heavy (non-hydrogen) atoms. The summed E-state index contributed by atoms with van der Waals surface area (Å²) in [6.45, 7) is 5.28. The summed E-state index contributed by atoms with van der Waals surface area (Å²) in [5.41, 5.74) is 7.35. The van der Waals surface area contributed by atoms with Gasteiger partial charge in [0, 0.05) is 50.0 Å². The predicted octanol–water partition coefficient (Wildman–Crippen LogP) is 6.73. The summed E-state index contributed by atoms with van der Waals surface area (Å²) in [7, 11) is 1.42. The van der Waals surface area contributed by atoms with Gasteiger partial charge in [-0.3, -0.25) is 4.90 Å². The van der Waals surface area contributed by atoms with Gasteiger partial charge >= 0.3 is 5.97 Å². The molecular weight excluding hydrogens is 494 g/mol. The lowest BCUT2D eigenvalue weighted by Gasteiger charge is -2.36. The molecule has 0 radical (unpaired) electrons. The highest BCUT2D eigenvalue weighted by Gasteiger charge is 2.20. The summed E-state index contributed by atoms with van der Waals surface area (Å²) < 4.78 is 5.03. The average molecular weight is 526 g/mol. The molecule has 0 amide bonds. The maximum Gasteiger partial charge on any atom is 0.339 e. The molecule has 5 nitrogen and oxygen atoms in total. The Hall–Kier alpha value is -3.80. The second kappa shape index (κ2) is 12.2. The first kappa shape index (κ1) is 25.8. The Morgan fingerprint density at radius 2 is 1.58 bits per heavy atom. The lowest BCUT2D eigenvalue weighted by Crippen LogP contribution is -2.46. The first-order valence-corrected chi connectivity index (χ1v) is 13.3. The number of methoxy groups -OCH3 is 1. The number of ether oxygens (including phenoxy) is 1. The van der Waals surface area contributed by atoms with E-state index >= 15 is 0 Å². The summed E-state index contributed by atoms with van der Waals surface area (Å²) in [5, 5.41) is 4.20. The number of esters is 1. The molecule has 0 aliphatic carbocycles. The molecule has 0 atom stereocenters. The molecule has 1 aliphatic rings. The van der Waals surface area contributed by atoms with Crippen molar-refractivity contribution < 1.29 is 9.53 Å². The molecule has 5 rings (SSSR count). The monoisotopic (exact) mass is 525 g/mol. The molecule has 0 unspecified atom stereocenters. The third kappa shape index (κ3) is 6.18. The Bertz CT molecular complexity index is 1370. The average Bonchev–Trinajstić information content (AvgIpc) is 2.97. The summed E-state index contributed by atoms with van der Waals surface area (Å²) in [5.74, 6) is -0.337. The molecule has 0 bridgehead atoms. The normalized spacial score (nSPS) is 13.8. The topological polar surface area (TPSA) is 44.8 Å². The number of halogens is 1. The van der Waals surface area contributed by atoms with Gasteiger partial charge in [-0.1, -0.05) is 78.3 Å². The minimum absolute atomic E-state index is 0.337. The minimum Gasteiger partial charge on any atom is -0.465 e. The molecule has 4 aromatic rings. The van der Waals surface area contributed by atoms with Crippen LogP contribution in [-0.2, 0) is 17.8 Å². The summed E-state index contributed by atoms with van der Waals surface area (Å²) in [6.07, 6.45) is 0. The molecule has 4 aromatic carbocycles. The zero-order valence-electron chi connectivity index (χ0n) is 21.6. The Balaban J connectivity index is 1.26. The van der Waals surface area contributed by atoms with Gasteiger partial charge in [-0.25, -0.2) is 4.79 Å². The third-order valence-corrected chi connectivity index (χ3v) is 7.29. The van der Waals surface area contributed by atoms with Gasteiger partial charge in [-0.05, 0) is 52.6 Å². The van der Waals surface area contributed by atoms with Crippen LogP contribution in [0.5, 0.6) is 0 Å². The number of hydrogen-bond donors (Lipinski definition) is 1. The van der Waals surface area contributed by atoms with Gasteiger partial charge in [0.05, 0.1) is 18.4 Å². The number of carbonyl (C=O) groups excluding carboxylic acids is 1. The van der Waals surface area contributed by atoms with Crippen LogP contribution in [0, 0.1) is 0 Å². The fourth-order valence-corrected chi connectivity index (χ4v) is 5.06. The lowest BCUT2D eigenvalue weighted by atomic mass is 9.99. The highest BCUT2D eigenvalue weighted by molar-refractivity contribution is 6.30. The molecule has 0 aromatic heterocycles. The SMILES string of the molecule is COC(=O)c1ccc(N2CCN(Cc3ccccc3-c3ccc(Cl)cc3)CC2)cc1NCc1ccccc1. The standard InChI is InChI=1S/C32H32ClN3O2/c1-38-32(37)30-16-15-28(21-31(30)34-22-24-7-3-2-4-8-24)36-19-17-35(18-20-36)23-26-9-5-6-10-29(26)25-11-13-27(33)14-12-25/h2-16,21,34H,17-20,22-23H2,1H3.